The molecule has 2 heterocycles. The van der Waals surface area contributed by atoms with Crippen LogP contribution in [0, 0.1) is 5.92 Å². The van der Waals surface area contributed by atoms with Crippen molar-refractivity contribution >= 4 is 5.78 Å². The summed E-state index contributed by atoms with van der Waals surface area (Å²) in [4.78, 5) is 13.9. The molecule has 2 aliphatic heterocycles. The smallest absolute Gasteiger partial charge is 0.159 e. The number of piperidine rings is 1. The van der Waals surface area contributed by atoms with Gasteiger partial charge in [-0.05, 0) is 31.6 Å². The van der Waals surface area contributed by atoms with Crippen molar-refractivity contribution < 1.29 is 4.79 Å². The highest BCUT2D eigenvalue weighted by atomic mass is 16.1. The summed E-state index contributed by atoms with van der Waals surface area (Å²) < 4.78 is 0. The van der Waals surface area contributed by atoms with E-state index in [0.717, 1.165) is 31.3 Å². The molecule has 0 N–H and O–H groups in total. The zero-order valence-electron chi connectivity index (χ0n) is 9.24. The zero-order valence-corrected chi connectivity index (χ0v) is 9.24. The Labute approximate surface area is 91.3 Å². The van der Waals surface area contributed by atoms with Crippen molar-refractivity contribution in [1.82, 2.24) is 4.90 Å². The van der Waals surface area contributed by atoms with Crippen LogP contribution in [0.2, 0.25) is 0 Å². The van der Waals surface area contributed by atoms with Gasteiger partial charge in [0.15, 0.2) is 5.78 Å². The molecule has 3 rings (SSSR count). The molecule has 82 valence electrons. The van der Waals surface area contributed by atoms with Crippen LogP contribution in [-0.4, -0.2) is 23.3 Å². The first kappa shape index (κ1) is 9.44. The van der Waals surface area contributed by atoms with Gasteiger partial charge in [0.2, 0.25) is 0 Å². The van der Waals surface area contributed by atoms with Crippen LogP contribution in [0.4, 0.5) is 0 Å². The Morgan fingerprint density at radius 3 is 2.93 bits per heavy atom. The number of fused-ring (bicyclic) bond motifs is 3. The summed E-state index contributed by atoms with van der Waals surface area (Å²) in [5.74, 6) is 1.26. The molecule has 0 spiro atoms. The minimum absolute atomic E-state index is 0.343. The molecule has 15 heavy (non-hydrogen) atoms. The SMILES string of the molecule is O=C1C=C2CCC3CCCCC3N2CC1. The summed E-state index contributed by atoms with van der Waals surface area (Å²) >= 11 is 0. The Kier molecular flexibility index (Phi) is 2.30. The van der Waals surface area contributed by atoms with Crippen LogP contribution in [-0.2, 0) is 4.79 Å². The van der Waals surface area contributed by atoms with E-state index in [1.807, 2.05) is 6.08 Å². The van der Waals surface area contributed by atoms with Crippen LogP contribution >= 0.6 is 0 Å². The molecular formula is C13H19NO. The Bertz CT molecular complexity index is 308. The first-order valence-corrected chi connectivity index (χ1v) is 6.34. The van der Waals surface area contributed by atoms with Crippen molar-refractivity contribution in [3.8, 4) is 0 Å². The Morgan fingerprint density at radius 2 is 2.00 bits per heavy atom. The predicted molar refractivity (Wildman–Crippen MR) is 59.4 cm³/mol. The molecule has 2 atom stereocenters. The van der Waals surface area contributed by atoms with Crippen LogP contribution in [0.15, 0.2) is 11.8 Å². The average molecular weight is 205 g/mol. The standard InChI is InChI=1S/C13H19NO/c15-12-7-8-14-11(9-12)6-5-10-3-1-2-4-13(10)14/h9-10,13H,1-8H2. The normalized spacial score (nSPS) is 35.6. The van der Waals surface area contributed by atoms with E-state index in [9.17, 15) is 4.79 Å². The Hall–Kier alpha value is -0.790. The van der Waals surface area contributed by atoms with E-state index in [4.69, 9.17) is 0 Å². The number of carbonyl (C=O) groups is 1. The highest BCUT2D eigenvalue weighted by Gasteiger charge is 2.36. The fourth-order valence-electron chi connectivity index (χ4n) is 3.58. The van der Waals surface area contributed by atoms with Crippen LogP contribution in [0.1, 0.15) is 44.9 Å². The number of nitrogens with zero attached hydrogens (tertiary/aromatic N) is 1. The minimum atomic E-state index is 0.343. The Balaban J connectivity index is 1.84. The molecule has 0 radical (unpaired) electrons. The summed E-state index contributed by atoms with van der Waals surface area (Å²) in [6.45, 7) is 0.992. The van der Waals surface area contributed by atoms with Gasteiger partial charge in [0.1, 0.15) is 0 Å². The molecule has 1 saturated heterocycles. The maximum Gasteiger partial charge on any atom is 0.159 e. The number of ketones is 1. The summed E-state index contributed by atoms with van der Waals surface area (Å²) in [5, 5.41) is 0. The third kappa shape index (κ3) is 1.60. The average Bonchev–Trinajstić information content (AvgIpc) is 2.28. The van der Waals surface area contributed by atoms with E-state index in [2.05, 4.69) is 4.90 Å². The van der Waals surface area contributed by atoms with Gasteiger partial charge in [-0.15, -0.1) is 0 Å². The molecule has 0 amide bonds. The second kappa shape index (κ2) is 3.66. The van der Waals surface area contributed by atoms with Gasteiger partial charge < -0.3 is 4.90 Å². The highest BCUT2D eigenvalue weighted by Crippen LogP contribution is 2.40. The van der Waals surface area contributed by atoms with Gasteiger partial charge in [-0.25, -0.2) is 0 Å². The number of rotatable bonds is 0. The van der Waals surface area contributed by atoms with E-state index < -0.39 is 0 Å². The fourth-order valence-corrected chi connectivity index (χ4v) is 3.58. The monoisotopic (exact) mass is 205 g/mol. The molecule has 2 nitrogen and oxygen atoms in total. The number of allylic oxidation sites excluding steroid dienone is 2. The first-order valence-electron chi connectivity index (χ1n) is 6.34. The van der Waals surface area contributed by atoms with E-state index >= 15 is 0 Å². The van der Waals surface area contributed by atoms with Gasteiger partial charge in [-0.2, -0.15) is 0 Å². The highest BCUT2D eigenvalue weighted by molar-refractivity contribution is 5.91. The maximum absolute atomic E-state index is 11.4. The van der Waals surface area contributed by atoms with Crippen LogP contribution in [0.25, 0.3) is 0 Å². The molecule has 3 aliphatic rings. The topological polar surface area (TPSA) is 20.3 Å². The first-order chi connectivity index (χ1) is 7.34. The van der Waals surface area contributed by atoms with Gasteiger partial charge in [0.25, 0.3) is 0 Å². The third-order valence-electron chi connectivity index (χ3n) is 4.34. The summed E-state index contributed by atoms with van der Waals surface area (Å²) in [6, 6.07) is 0.770. The number of carbonyl (C=O) groups excluding carboxylic acids is 1. The molecule has 2 unspecified atom stereocenters. The van der Waals surface area contributed by atoms with E-state index in [-0.39, 0.29) is 0 Å². The van der Waals surface area contributed by atoms with Gasteiger partial charge in [0, 0.05) is 30.8 Å². The summed E-state index contributed by atoms with van der Waals surface area (Å²) in [5.41, 5.74) is 1.34. The lowest BCUT2D eigenvalue weighted by atomic mass is 9.76. The molecule has 0 bridgehead atoms. The van der Waals surface area contributed by atoms with E-state index in [1.165, 1.54) is 37.8 Å². The molecule has 0 aromatic heterocycles. The lowest BCUT2D eigenvalue weighted by Gasteiger charge is -2.48. The van der Waals surface area contributed by atoms with E-state index in [0.29, 0.717) is 5.78 Å². The Morgan fingerprint density at radius 1 is 1.13 bits per heavy atom. The van der Waals surface area contributed by atoms with Crippen LogP contribution in [0.5, 0.6) is 0 Å². The second-order valence-corrected chi connectivity index (χ2v) is 5.20. The number of hydrogen-bond donors (Lipinski definition) is 0. The van der Waals surface area contributed by atoms with Crippen molar-refractivity contribution in [1.29, 1.82) is 0 Å². The lowest BCUT2D eigenvalue weighted by molar-refractivity contribution is -0.116. The summed E-state index contributed by atoms with van der Waals surface area (Å²) in [6.07, 6.45) is 10.7. The number of hydrogen-bond acceptors (Lipinski definition) is 2. The molecule has 0 aromatic rings. The van der Waals surface area contributed by atoms with Crippen molar-refractivity contribution in [3.63, 3.8) is 0 Å². The second-order valence-electron chi connectivity index (χ2n) is 5.20. The van der Waals surface area contributed by atoms with Gasteiger partial charge in [0.05, 0.1) is 0 Å². The van der Waals surface area contributed by atoms with E-state index in [1.54, 1.807) is 0 Å². The quantitative estimate of drug-likeness (QED) is 0.605. The molecule has 2 fully saturated rings. The third-order valence-corrected chi connectivity index (χ3v) is 4.34. The van der Waals surface area contributed by atoms with Crippen molar-refractivity contribution in [2.75, 3.05) is 6.54 Å². The molecule has 0 aromatic carbocycles. The van der Waals surface area contributed by atoms with Crippen LogP contribution < -0.4 is 0 Å². The summed E-state index contributed by atoms with van der Waals surface area (Å²) in [7, 11) is 0. The predicted octanol–water partition coefficient (Wildman–Crippen LogP) is 2.50. The zero-order chi connectivity index (χ0) is 10.3. The van der Waals surface area contributed by atoms with Gasteiger partial charge in [-0.1, -0.05) is 12.8 Å². The molecule has 1 saturated carbocycles. The van der Waals surface area contributed by atoms with Crippen molar-refractivity contribution in [3.05, 3.63) is 11.8 Å². The molecular weight excluding hydrogens is 186 g/mol. The molecule has 1 aliphatic carbocycles. The van der Waals surface area contributed by atoms with Gasteiger partial charge >= 0.3 is 0 Å². The molecule has 2 heteroatoms. The largest absolute Gasteiger partial charge is 0.371 e. The van der Waals surface area contributed by atoms with Crippen LogP contribution in [0.3, 0.4) is 0 Å². The van der Waals surface area contributed by atoms with Gasteiger partial charge in [-0.3, -0.25) is 4.79 Å². The minimum Gasteiger partial charge on any atom is -0.371 e. The lowest BCUT2D eigenvalue weighted by Crippen LogP contribution is -2.47. The van der Waals surface area contributed by atoms with Crippen molar-refractivity contribution in [2.45, 2.75) is 51.0 Å². The fraction of sp³-hybridized carbons (Fsp3) is 0.769. The van der Waals surface area contributed by atoms with Crippen molar-refractivity contribution in [2.24, 2.45) is 5.92 Å². The maximum atomic E-state index is 11.4.